The molecule has 0 saturated carbocycles. The van der Waals surface area contributed by atoms with Crippen LogP contribution in [0.25, 0.3) is 11.0 Å². The minimum absolute atomic E-state index is 0.0571. The van der Waals surface area contributed by atoms with Crippen LogP contribution in [0, 0.1) is 19.8 Å². The van der Waals surface area contributed by atoms with Gasteiger partial charge in [0.25, 0.3) is 0 Å². The fraction of sp³-hybridized carbons (Fsp3) is 0.231. The van der Waals surface area contributed by atoms with Crippen LogP contribution in [0.15, 0.2) is 60.7 Å². The van der Waals surface area contributed by atoms with Crippen LogP contribution >= 0.6 is 0 Å². The molecule has 1 aromatic heterocycles. The molecule has 8 rings (SSSR count). The highest BCUT2D eigenvalue weighted by atomic mass is 16.2. The van der Waals surface area contributed by atoms with Crippen molar-refractivity contribution < 1.29 is 4.79 Å². The van der Waals surface area contributed by atoms with Crippen molar-refractivity contribution in [2.75, 3.05) is 0 Å². The Balaban J connectivity index is 1.56. The fourth-order valence-corrected chi connectivity index (χ4v) is 6.24. The van der Waals surface area contributed by atoms with E-state index in [1.165, 1.54) is 33.4 Å². The Hall–Kier alpha value is -3.20. The first kappa shape index (κ1) is 15.7. The highest BCUT2D eigenvalue weighted by Gasteiger charge is 2.58. The molecule has 140 valence electrons. The maximum Gasteiger partial charge on any atom is 0.237 e. The van der Waals surface area contributed by atoms with Crippen molar-refractivity contribution in [3.63, 3.8) is 0 Å². The van der Waals surface area contributed by atoms with E-state index in [0.717, 1.165) is 16.9 Å². The molecule has 2 atom stereocenters. The van der Waals surface area contributed by atoms with Crippen LogP contribution in [-0.2, 0) is 0 Å². The van der Waals surface area contributed by atoms with Gasteiger partial charge in [-0.2, -0.15) is 0 Å². The highest BCUT2D eigenvalue weighted by Crippen LogP contribution is 2.63. The molecule has 3 nitrogen and oxygen atoms in total. The Kier molecular flexibility index (Phi) is 2.73. The highest BCUT2D eigenvalue weighted by molar-refractivity contribution is 5.98. The molecule has 29 heavy (non-hydrogen) atoms. The normalized spacial score (nSPS) is 25.7. The molecule has 0 spiro atoms. The third-order valence-corrected chi connectivity index (χ3v) is 7.54. The molecular weight excluding hydrogens is 356 g/mol. The maximum absolute atomic E-state index is 13.8. The summed E-state index contributed by atoms with van der Waals surface area (Å²) in [5.41, 5.74) is 9.74. The maximum atomic E-state index is 13.8. The summed E-state index contributed by atoms with van der Waals surface area (Å²) < 4.78 is 1.94. The van der Waals surface area contributed by atoms with Gasteiger partial charge in [0.05, 0.1) is 17.0 Å². The monoisotopic (exact) mass is 376 g/mol. The van der Waals surface area contributed by atoms with Crippen molar-refractivity contribution in [1.82, 2.24) is 9.55 Å². The number of fused-ring (bicyclic) bond motifs is 3. The van der Waals surface area contributed by atoms with Crippen LogP contribution < -0.4 is 0 Å². The van der Waals surface area contributed by atoms with Gasteiger partial charge >= 0.3 is 0 Å². The summed E-state index contributed by atoms with van der Waals surface area (Å²) in [6.45, 7) is 4.22. The SMILES string of the molecule is Cc1cc2nc3n(c2cc1C)C(=O)[C@@H]1C2c4ccccc4C(c4ccccc42)[C@H]31. The average molecular weight is 376 g/mol. The number of carbonyl (C=O) groups excluding carboxylic acids is 1. The molecule has 0 fully saturated rings. The Bertz CT molecular complexity index is 1330. The molecule has 4 aliphatic rings. The largest absolute Gasteiger partial charge is 0.274 e. The number of aryl methyl sites for hydroxylation is 2. The molecule has 1 aliphatic heterocycles. The fourth-order valence-electron chi connectivity index (χ4n) is 6.24. The number of imidazole rings is 1. The van der Waals surface area contributed by atoms with Crippen molar-refractivity contribution in [1.29, 1.82) is 0 Å². The van der Waals surface area contributed by atoms with E-state index in [4.69, 9.17) is 4.98 Å². The second-order valence-electron chi connectivity index (χ2n) is 8.83. The zero-order valence-electron chi connectivity index (χ0n) is 16.4. The number of nitrogens with zero attached hydrogens (tertiary/aromatic N) is 2. The molecule has 0 amide bonds. The van der Waals surface area contributed by atoms with E-state index in [-0.39, 0.29) is 29.6 Å². The molecular formula is C26H20N2O. The molecule has 0 N–H and O–H groups in total. The minimum atomic E-state index is -0.0571. The van der Waals surface area contributed by atoms with Gasteiger partial charge in [-0.05, 0) is 59.4 Å². The van der Waals surface area contributed by atoms with E-state index in [0.29, 0.717) is 0 Å². The summed E-state index contributed by atoms with van der Waals surface area (Å²) >= 11 is 0. The van der Waals surface area contributed by atoms with Gasteiger partial charge in [-0.1, -0.05) is 48.5 Å². The Labute approximate surface area is 169 Å². The molecule has 3 aromatic carbocycles. The lowest BCUT2D eigenvalue weighted by Gasteiger charge is -2.46. The number of benzene rings is 3. The van der Waals surface area contributed by atoms with Crippen molar-refractivity contribution in [2.24, 2.45) is 5.92 Å². The van der Waals surface area contributed by atoms with Gasteiger partial charge in [-0.15, -0.1) is 0 Å². The minimum Gasteiger partial charge on any atom is -0.274 e. The molecule has 0 unspecified atom stereocenters. The van der Waals surface area contributed by atoms with Crippen LogP contribution in [0.5, 0.6) is 0 Å². The molecule has 0 saturated heterocycles. The second-order valence-corrected chi connectivity index (χ2v) is 8.83. The number of rotatable bonds is 0. The smallest absolute Gasteiger partial charge is 0.237 e. The van der Waals surface area contributed by atoms with E-state index < -0.39 is 0 Å². The molecule has 4 aromatic rings. The number of hydrogen-bond acceptors (Lipinski definition) is 2. The topological polar surface area (TPSA) is 34.9 Å². The lowest BCUT2D eigenvalue weighted by molar-refractivity contribution is 0.0829. The summed E-state index contributed by atoms with van der Waals surface area (Å²) in [6, 6.07) is 21.7. The first-order chi connectivity index (χ1) is 14.1. The molecule has 2 heterocycles. The summed E-state index contributed by atoms with van der Waals surface area (Å²) in [5.74, 6) is 1.55. The molecule has 0 radical (unpaired) electrons. The lowest BCUT2D eigenvalue weighted by Crippen LogP contribution is -2.39. The van der Waals surface area contributed by atoms with Crippen molar-refractivity contribution in [3.05, 3.63) is 99.9 Å². The van der Waals surface area contributed by atoms with Crippen LogP contribution in [0.2, 0.25) is 0 Å². The number of carbonyl (C=O) groups is 1. The van der Waals surface area contributed by atoms with Crippen molar-refractivity contribution in [2.45, 2.75) is 31.6 Å². The predicted molar refractivity (Wildman–Crippen MR) is 113 cm³/mol. The zero-order valence-corrected chi connectivity index (χ0v) is 16.4. The summed E-state index contributed by atoms with van der Waals surface area (Å²) in [4.78, 5) is 18.9. The van der Waals surface area contributed by atoms with Gasteiger partial charge in [-0.3, -0.25) is 9.36 Å². The van der Waals surface area contributed by atoms with E-state index >= 15 is 0 Å². The van der Waals surface area contributed by atoms with Crippen molar-refractivity contribution >= 4 is 16.9 Å². The quantitative estimate of drug-likeness (QED) is 0.417. The van der Waals surface area contributed by atoms with Gasteiger partial charge in [0.1, 0.15) is 5.82 Å². The zero-order chi connectivity index (χ0) is 19.4. The third kappa shape index (κ3) is 1.71. The Morgan fingerprint density at radius 1 is 0.759 bits per heavy atom. The van der Waals surface area contributed by atoms with Crippen LogP contribution in [0.3, 0.4) is 0 Å². The standard InChI is InChI=1S/C26H20N2O/c1-13-11-19-20(12-14(13)2)28-25(27-19)23-21-15-7-3-5-9-17(15)22(24(23)26(28)29)18-10-6-4-8-16(18)21/h3-12,21-24H,1-2H3/t21?,22?,23-,24+/m0/s1. The second kappa shape index (κ2) is 5.04. The molecule has 3 heteroatoms. The van der Waals surface area contributed by atoms with Crippen molar-refractivity contribution in [3.8, 4) is 0 Å². The van der Waals surface area contributed by atoms with E-state index in [9.17, 15) is 4.79 Å². The van der Waals surface area contributed by atoms with Gasteiger partial charge in [0.2, 0.25) is 5.91 Å². The summed E-state index contributed by atoms with van der Waals surface area (Å²) in [5, 5.41) is 0. The lowest BCUT2D eigenvalue weighted by atomic mass is 9.55. The van der Waals surface area contributed by atoms with Gasteiger partial charge in [0.15, 0.2) is 0 Å². The molecule has 2 bridgehead atoms. The van der Waals surface area contributed by atoms with Gasteiger partial charge in [0, 0.05) is 17.8 Å². The van der Waals surface area contributed by atoms with Gasteiger partial charge < -0.3 is 0 Å². The summed E-state index contributed by atoms with van der Waals surface area (Å²) in [6.07, 6.45) is 0. The average Bonchev–Trinajstić information content (AvgIpc) is 3.24. The van der Waals surface area contributed by atoms with E-state index in [1.54, 1.807) is 0 Å². The predicted octanol–water partition coefficient (Wildman–Crippen LogP) is 5.30. The summed E-state index contributed by atoms with van der Waals surface area (Å²) in [7, 11) is 0. The first-order valence-corrected chi connectivity index (χ1v) is 10.4. The Morgan fingerprint density at radius 2 is 1.28 bits per heavy atom. The van der Waals surface area contributed by atoms with Crippen LogP contribution in [0.1, 0.15) is 61.8 Å². The van der Waals surface area contributed by atoms with Gasteiger partial charge in [-0.25, -0.2) is 4.98 Å². The van der Waals surface area contributed by atoms with Crippen LogP contribution in [-0.4, -0.2) is 15.5 Å². The molecule has 3 aliphatic carbocycles. The number of hydrogen-bond donors (Lipinski definition) is 0. The Morgan fingerprint density at radius 3 is 1.86 bits per heavy atom. The number of aromatic nitrogens is 2. The van der Waals surface area contributed by atoms with Crippen LogP contribution in [0.4, 0.5) is 0 Å². The van der Waals surface area contributed by atoms with E-state index in [1.807, 2.05) is 4.57 Å². The first-order valence-electron chi connectivity index (χ1n) is 10.4. The third-order valence-electron chi connectivity index (χ3n) is 7.54. The van der Waals surface area contributed by atoms with E-state index in [2.05, 4.69) is 74.5 Å².